The molecule has 0 fully saturated rings. The molecule has 8 nitrogen and oxygen atoms in total. The third-order valence-corrected chi connectivity index (χ3v) is 3.38. The predicted octanol–water partition coefficient (Wildman–Crippen LogP) is 3.03. The molecule has 1 aromatic heterocycles. The lowest BCUT2D eigenvalue weighted by Gasteiger charge is -2.21. The number of nitrogen functional groups attached to an aromatic ring is 1. The number of aryl methyl sites for hydroxylation is 1. The Kier molecular flexibility index (Phi) is 5.10. The number of carbonyl (C=O) groups excluding carboxylic acids is 1. The number of anilines is 2. The number of hydrogen-bond donors (Lipinski definition) is 2. The first-order chi connectivity index (χ1) is 11.7. The molecule has 0 atom stereocenters. The van der Waals surface area contributed by atoms with Gasteiger partial charge in [-0.05, 0) is 26.8 Å². The third-order valence-electron chi connectivity index (χ3n) is 3.38. The summed E-state index contributed by atoms with van der Waals surface area (Å²) in [6.07, 6.45) is 0.963. The number of nitrogens with one attached hydrogen (secondary N) is 1. The Labute approximate surface area is 146 Å². The van der Waals surface area contributed by atoms with E-state index in [4.69, 9.17) is 19.9 Å². The summed E-state index contributed by atoms with van der Waals surface area (Å²) in [6, 6.07) is 3.39. The van der Waals surface area contributed by atoms with Crippen LogP contribution in [-0.4, -0.2) is 35.7 Å². The van der Waals surface area contributed by atoms with E-state index >= 15 is 0 Å². The Bertz CT molecular complexity index is 758. The van der Waals surface area contributed by atoms with Crippen molar-refractivity contribution in [1.82, 2.24) is 9.78 Å². The standard InChI is InChI=1S/C17H24N4O4/c1-17(2,3)25-16(22)20-12-8-14(24-6)13(23-5)7-10(12)15-11(18)9-19-21(15)4/h7-9H,18H2,1-6H3,(H,20,22). The second-order valence-electron chi connectivity index (χ2n) is 6.45. The summed E-state index contributed by atoms with van der Waals surface area (Å²) >= 11 is 0. The van der Waals surface area contributed by atoms with Crippen LogP contribution in [0.25, 0.3) is 11.3 Å². The van der Waals surface area contributed by atoms with Gasteiger partial charge in [0.15, 0.2) is 11.5 Å². The molecule has 0 unspecified atom stereocenters. The molecule has 136 valence electrons. The van der Waals surface area contributed by atoms with Crippen LogP contribution < -0.4 is 20.5 Å². The van der Waals surface area contributed by atoms with Crippen LogP contribution in [0.4, 0.5) is 16.2 Å². The summed E-state index contributed by atoms with van der Waals surface area (Å²) < 4.78 is 17.6. The molecule has 0 aliphatic carbocycles. The molecule has 1 aromatic carbocycles. The summed E-state index contributed by atoms with van der Waals surface area (Å²) in [5.41, 5.74) is 7.65. The van der Waals surface area contributed by atoms with E-state index in [0.717, 1.165) is 0 Å². The van der Waals surface area contributed by atoms with Crippen molar-refractivity contribution >= 4 is 17.5 Å². The van der Waals surface area contributed by atoms with Gasteiger partial charge in [0, 0.05) is 18.7 Å². The van der Waals surface area contributed by atoms with Crippen LogP contribution in [0.2, 0.25) is 0 Å². The third kappa shape index (κ3) is 4.14. The van der Waals surface area contributed by atoms with E-state index in [1.807, 2.05) is 0 Å². The zero-order valence-electron chi connectivity index (χ0n) is 15.3. The van der Waals surface area contributed by atoms with E-state index in [2.05, 4.69) is 10.4 Å². The minimum Gasteiger partial charge on any atom is -0.493 e. The number of rotatable bonds is 4. The maximum Gasteiger partial charge on any atom is 0.412 e. The highest BCUT2D eigenvalue weighted by Crippen LogP contribution is 2.40. The number of nitrogens with two attached hydrogens (primary N) is 1. The Morgan fingerprint density at radius 1 is 1.20 bits per heavy atom. The van der Waals surface area contributed by atoms with Crippen LogP contribution >= 0.6 is 0 Å². The summed E-state index contributed by atoms with van der Waals surface area (Å²) in [4.78, 5) is 12.2. The zero-order chi connectivity index (χ0) is 18.8. The summed E-state index contributed by atoms with van der Waals surface area (Å²) in [6.45, 7) is 5.38. The van der Waals surface area contributed by atoms with Crippen molar-refractivity contribution < 1.29 is 19.0 Å². The number of ether oxygens (including phenoxy) is 3. The Hall–Kier alpha value is -2.90. The van der Waals surface area contributed by atoms with Crippen LogP contribution in [0.15, 0.2) is 18.3 Å². The van der Waals surface area contributed by atoms with Gasteiger partial charge in [-0.25, -0.2) is 4.79 Å². The van der Waals surface area contributed by atoms with Crippen molar-refractivity contribution in [2.24, 2.45) is 7.05 Å². The highest BCUT2D eigenvalue weighted by molar-refractivity contribution is 5.94. The van der Waals surface area contributed by atoms with E-state index < -0.39 is 11.7 Å². The molecule has 1 amide bonds. The smallest absolute Gasteiger partial charge is 0.412 e. The molecule has 0 saturated carbocycles. The summed E-state index contributed by atoms with van der Waals surface area (Å²) in [7, 11) is 4.82. The average Bonchev–Trinajstić information content (AvgIpc) is 2.84. The average molecular weight is 348 g/mol. The van der Waals surface area contributed by atoms with Crippen LogP contribution in [0.3, 0.4) is 0 Å². The van der Waals surface area contributed by atoms with Gasteiger partial charge in [-0.2, -0.15) is 5.10 Å². The van der Waals surface area contributed by atoms with Crippen LogP contribution in [0.5, 0.6) is 11.5 Å². The monoisotopic (exact) mass is 348 g/mol. The van der Waals surface area contributed by atoms with Crippen molar-refractivity contribution in [2.45, 2.75) is 26.4 Å². The molecule has 1 heterocycles. The fourth-order valence-corrected chi connectivity index (χ4v) is 2.38. The van der Waals surface area contributed by atoms with Gasteiger partial charge in [0.05, 0.1) is 37.5 Å². The number of nitrogens with zero attached hydrogens (tertiary/aromatic N) is 2. The summed E-state index contributed by atoms with van der Waals surface area (Å²) in [5, 5.41) is 6.89. The number of benzene rings is 1. The fraction of sp³-hybridized carbons (Fsp3) is 0.412. The highest BCUT2D eigenvalue weighted by Gasteiger charge is 2.21. The highest BCUT2D eigenvalue weighted by atomic mass is 16.6. The van der Waals surface area contributed by atoms with Gasteiger partial charge < -0.3 is 19.9 Å². The Morgan fingerprint density at radius 3 is 2.28 bits per heavy atom. The molecule has 0 radical (unpaired) electrons. The molecular weight excluding hydrogens is 324 g/mol. The molecule has 3 N–H and O–H groups in total. The molecule has 0 spiro atoms. The van der Waals surface area contributed by atoms with Crippen molar-refractivity contribution in [2.75, 3.05) is 25.3 Å². The lowest BCUT2D eigenvalue weighted by molar-refractivity contribution is 0.0636. The number of aromatic nitrogens is 2. The second kappa shape index (κ2) is 6.92. The van der Waals surface area contributed by atoms with Gasteiger partial charge in [-0.15, -0.1) is 0 Å². The molecular formula is C17H24N4O4. The fourth-order valence-electron chi connectivity index (χ4n) is 2.38. The van der Waals surface area contributed by atoms with Gasteiger partial charge in [0.2, 0.25) is 0 Å². The van der Waals surface area contributed by atoms with Gasteiger partial charge in [-0.3, -0.25) is 10.00 Å². The normalized spacial score (nSPS) is 11.1. The molecule has 25 heavy (non-hydrogen) atoms. The van der Waals surface area contributed by atoms with Crippen molar-refractivity contribution in [3.63, 3.8) is 0 Å². The van der Waals surface area contributed by atoms with E-state index in [-0.39, 0.29) is 0 Å². The lowest BCUT2D eigenvalue weighted by atomic mass is 10.1. The van der Waals surface area contributed by atoms with Gasteiger partial charge in [0.1, 0.15) is 5.60 Å². The molecule has 8 heteroatoms. The van der Waals surface area contributed by atoms with Crippen LogP contribution in [0, 0.1) is 0 Å². The first kappa shape index (κ1) is 18.4. The predicted molar refractivity (Wildman–Crippen MR) is 96.0 cm³/mol. The maximum atomic E-state index is 12.2. The van der Waals surface area contributed by atoms with Gasteiger partial charge in [0.25, 0.3) is 0 Å². The van der Waals surface area contributed by atoms with E-state index in [9.17, 15) is 4.79 Å². The zero-order valence-corrected chi connectivity index (χ0v) is 15.3. The molecule has 0 bridgehead atoms. The second-order valence-corrected chi connectivity index (χ2v) is 6.45. The van der Waals surface area contributed by atoms with Gasteiger partial charge >= 0.3 is 6.09 Å². The van der Waals surface area contributed by atoms with E-state index in [0.29, 0.717) is 34.1 Å². The van der Waals surface area contributed by atoms with E-state index in [1.165, 1.54) is 14.2 Å². The molecule has 0 aliphatic rings. The summed E-state index contributed by atoms with van der Waals surface area (Å²) in [5.74, 6) is 0.978. The van der Waals surface area contributed by atoms with Crippen molar-refractivity contribution in [3.05, 3.63) is 18.3 Å². The van der Waals surface area contributed by atoms with Crippen molar-refractivity contribution in [1.29, 1.82) is 0 Å². The molecule has 2 aromatic rings. The number of hydrogen-bond acceptors (Lipinski definition) is 6. The number of methoxy groups -OCH3 is 2. The number of carbonyl (C=O) groups is 1. The molecule has 2 rings (SSSR count). The first-order valence-corrected chi connectivity index (χ1v) is 7.70. The number of amides is 1. The van der Waals surface area contributed by atoms with E-state index in [1.54, 1.807) is 50.8 Å². The SMILES string of the molecule is COc1cc(NC(=O)OC(C)(C)C)c(-c2c(N)cnn2C)cc1OC. The maximum absolute atomic E-state index is 12.2. The van der Waals surface area contributed by atoms with Gasteiger partial charge in [-0.1, -0.05) is 0 Å². The Morgan fingerprint density at radius 2 is 1.80 bits per heavy atom. The minimum absolute atomic E-state index is 0.470. The minimum atomic E-state index is -0.619. The lowest BCUT2D eigenvalue weighted by Crippen LogP contribution is -2.27. The van der Waals surface area contributed by atoms with Crippen LogP contribution in [-0.2, 0) is 11.8 Å². The first-order valence-electron chi connectivity index (χ1n) is 7.70. The molecule has 0 aliphatic heterocycles. The largest absolute Gasteiger partial charge is 0.493 e. The quantitative estimate of drug-likeness (QED) is 0.881. The van der Waals surface area contributed by atoms with Crippen molar-refractivity contribution in [3.8, 4) is 22.8 Å². The van der Waals surface area contributed by atoms with Crippen LogP contribution in [0.1, 0.15) is 20.8 Å². The topological polar surface area (TPSA) is 101 Å². The Balaban J connectivity index is 2.54. The molecule has 0 saturated heterocycles.